The monoisotopic (exact) mass is 300 g/mol. The number of piperidine rings is 1. The van der Waals surface area contributed by atoms with Crippen molar-refractivity contribution in [1.82, 2.24) is 9.62 Å². The molecule has 0 spiro atoms. The largest absolute Gasteiger partial charge is 0.353 e. The Morgan fingerprint density at radius 3 is 2.50 bits per heavy atom. The van der Waals surface area contributed by atoms with Crippen LogP contribution in [0.2, 0.25) is 0 Å². The van der Waals surface area contributed by atoms with Crippen LogP contribution in [-0.2, 0) is 14.8 Å². The summed E-state index contributed by atoms with van der Waals surface area (Å²) in [5, 5.41) is 3.08. The van der Waals surface area contributed by atoms with Crippen LogP contribution in [0.3, 0.4) is 0 Å². The fourth-order valence-corrected chi connectivity index (χ4v) is 3.94. The highest BCUT2D eigenvalue weighted by molar-refractivity contribution is 7.89. The summed E-state index contributed by atoms with van der Waals surface area (Å²) in [6.07, 6.45) is 8.36. The zero-order valence-corrected chi connectivity index (χ0v) is 12.9. The first-order chi connectivity index (χ1) is 9.53. The summed E-state index contributed by atoms with van der Waals surface area (Å²) in [5.74, 6) is 0.377. The number of hydrogen-bond donors (Lipinski definition) is 1. The zero-order chi connectivity index (χ0) is 14.6. The lowest BCUT2D eigenvalue weighted by Crippen LogP contribution is -2.48. The molecule has 1 amide bonds. The number of nitrogens with one attached hydrogen (secondary N) is 1. The van der Waals surface area contributed by atoms with E-state index in [9.17, 15) is 13.2 Å². The number of allylic oxidation sites excluding steroid dienone is 2. The quantitative estimate of drug-likeness (QED) is 0.795. The Labute approximate surface area is 121 Å². The van der Waals surface area contributed by atoms with Gasteiger partial charge < -0.3 is 5.32 Å². The molecule has 1 atom stereocenters. The summed E-state index contributed by atoms with van der Waals surface area (Å²) in [7, 11) is -3.08. The summed E-state index contributed by atoms with van der Waals surface area (Å²) in [4.78, 5) is 12.1. The van der Waals surface area contributed by atoms with Crippen LogP contribution in [0.1, 0.15) is 39.0 Å². The number of hydrogen-bond acceptors (Lipinski definition) is 3. The predicted molar refractivity (Wildman–Crippen MR) is 78.7 cm³/mol. The van der Waals surface area contributed by atoms with Gasteiger partial charge in [-0.25, -0.2) is 12.7 Å². The Kier molecular flexibility index (Phi) is 5.21. The fraction of sp³-hybridized carbons (Fsp3) is 0.786. The van der Waals surface area contributed by atoms with E-state index in [1.54, 1.807) is 11.2 Å². The van der Waals surface area contributed by atoms with Gasteiger partial charge in [-0.2, -0.15) is 0 Å². The molecule has 1 fully saturated rings. The van der Waals surface area contributed by atoms with Gasteiger partial charge in [0.05, 0.1) is 5.75 Å². The number of carbonyl (C=O) groups excluding carboxylic acids is 1. The van der Waals surface area contributed by atoms with Gasteiger partial charge in [0.2, 0.25) is 15.9 Å². The molecule has 0 saturated carbocycles. The number of carbonyl (C=O) groups is 1. The molecule has 114 valence electrons. The van der Waals surface area contributed by atoms with E-state index in [1.165, 1.54) is 0 Å². The van der Waals surface area contributed by atoms with Crippen LogP contribution in [0.5, 0.6) is 0 Å². The predicted octanol–water partition coefficient (Wildman–Crippen LogP) is 1.27. The second kappa shape index (κ2) is 6.72. The van der Waals surface area contributed by atoms with Crippen molar-refractivity contribution >= 4 is 15.9 Å². The summed E-state index contributed by atoms with van der Waals surface area (Å²) >= 11 is 0. The highest BCUT2D eigenvalue weighted by atomic mass is 32.2. The number of amides is 1. The minimum atomic E-state index is -3.08. The van der Waals surface area contributed by atoms with E-state index >= 15 is 0 Å². The van der Waals surface area contributed by atoms with E-state index < -0.39 is 10.0 Å². The average Bonchev–Trinajstić information content (AvgIpc) is 2.48. The van der Waals surface area contributed by atoms with Crippen molar-refractivity contribution in [2.75, 3.05) is 18.8 Å². The third-order valence-electron chi connectivity index (χ3n) is 4.20. The van der Waals surface area contributed by atoms with Gasteiger partial charge in [0.1, 0.15) is 0 Å². The van der Waals surface area contributed by atoms with Gasteiger partial charge in [0, 0.05) is 25.0 Å². The molecule has 5 nitrogen and oxygen atoms in total. The molecular weight excluding hydrogens is 276 g/mol. The SMILES string of the molecule is CCS(=O)(=O)N1CCC(NC(=O)[C@@H]2CC=CCC2)CC1. The highest BCUT2D eigenvalue weighted by Crippen LogP contribution is 2.20. The van der Waals surface area contributed by atoms with Crippen molar-refractivity contribution in [2.24, 2.45) is 5.92 Å². The molecule has 0 bridgehead atoms. The molecule has 0 aromatic heterocycles. The molecule has 1 saturated heterocycles. The minimum Gasteiger partial charge on any atom is -0.353 e. The van der Waals surface area contributed by atoms with Gasteiger partial charge in [-0.3, -0.25) is 4.79 Å². The van der Waals surface area contributed by atoms with Crippen LogP contribution in [0.4, 0.5) is 0 Å². The van der Waals surface area contributed by atoms with E-state index in [0.717, 1.165) is 19.3 Å². The maximum absolute atomic E-state index is 12.1. The van der Waals surface area contributed by atoms with Gasteiger partial charge >= 0.3 is 0 Å². The molecule has 1 aliphatic heterocycles. The number of rotatable bonds is 4. The standard InChI is InChI=1S/C14H24N2O3S/c1-2-20(18,19)16-10-8-13(9-11-16)15-14(17)12-6-4-3-5-7-12/h3-4,12-13H,2,5-11H2,1H3,(H,15,17)/t12-/m1/s1. The van der Waals surface area contributed by atoms with Crippen LogP contribution >= 0.6 is 0 Å². The van der Waals surface area contributed by atoms with Gasteiger partial charge in [-0.15, -0.1) is 0 Å². The van der Waals surface area contributed by atoms with E-state index in [4.69, 9.17) is 0 Å². The third-order valence-corrected chi connectivity index (χ3v) is 6.08. The lowest BCUT2D eigenvalue weighted by atomic mass is 9.93. The van der Waals surface area contributed by atoms with Gasteiger partial charge in [-0.1, -0.05) is 12.2 Å². The van der Waals surface area contributed by atoms with E-state index in [2.05, 4.69) is 17.5 Å². The van der Waals surface area contributed by atoms with Crippen molar-refractivity contribution in [1.29, 1.82) is 0 Å². The molecule has 0 unspecified atom stereocenters. The van der Waals surface area contributed by atoms with Crippen molar-refractivity contribution < 1.29 is 13.2 Å². The molecule has 1 aliphatic carbocycles. The molecule has 0 aromatic carbocycles. The van der Waals surface area contributed by atoms with Crippen molar-refractivity contribution in [3.63, 3.8) is 0 Å². The van der Waals surface area contributed by atoms with Crippen LogP contribution in [-0.4, -0.2) is 43.5 Å². The molecule has 2 aliphatic rings. The second-order valence-electron chi connectivity index (χ2n) is 5.56. The van der Waals surface area contributed by atoms with E-state index in [1.807, 2.05) is 0 Å². The Morgan fingerprint density at radius 2 is 1.95 bits per heavy atom. The smallest absolute Gasteiger partial charge is 0.223 e. The molecule has 0 aromatic rings. The van der Waals surface area contributed by atoms with Crippen LogP contribution in [0.15, 0.2) is 12.2 Å². The van der Waals surface area contributed by atoms with Crippen LogP contribution in [0, 0.1) is 5.92 Å². The number of nitrogens with zero attached hydrogens (tertiary/aromatic N) is 1. The van der Waals surface area contributed by atoms with E-state index in [0.29, 0.717) is 25.9 Å². The van der Waals surface area contributed by atoms with Crippen molar-refractivity contribution in [2.45, 2.75) is 45.1 Å². The first-order valence-electron chi connectivity index (χ1n) is 7.46. The Balaban J connectivity index is 1.79. The van der Waals surface area contributed by atoms with Crippen molar-refractivity contribution in [3.05, 3.63) is 12.2 Å². The maximum atomic E-state index is 12.1. The summed E-state index contributed by atoms with van der Waals surface area (Å²) < 4.78 is 25.1. The Hall–Kier alpha value is -0.880. The van der Waals surface area contributed by atoms with E-state index in [-0.39, 0.29) is 23.6 Å². The molecule has 0 radical (unpaired) electrons. The summed E-state index contributed by atoms with van der Waals surface area (Å²) in [6.45, 7) is 2.71. The van der Waals surface area contributed by atoms with Gasteiger partial charge in [-0.05, 0) is 39.0 Å². The highest BCUT2D eigenvalue weighted by Gasteiger charge is 2.28. The third kappa shape index (κ3) is 3.82. The zero-order valence-electron chi connectivity index (χ0n) is 12.0. The Morgan fingerprint density at radius 1 is 1.25 bits per heavy atom. The van der Waals surface area contributed by atoms with Crippen molar-refractivity contribution in [3.8, 4) is 0 Å². The molecule has 6 heteroatoms. The lowest BCUT2D eigenvalue weighted by molar-refractivity contribution is -0.126. The molecular formula is C14H24N2O3S. The summed E-state index contributed by atoms with van der Waals surface area (Å²) in [6, 6.07) is 0.122. The maximum Gasteiger partial charge on any atom is 0.223 e. The van der Waals surface area contributed by atoms with Crippen LogP contribution in [0.25, 0.3) is 0 Å². The first-order valence-corrected chi connectivity index (χ1v) is 9.07. The molecule has 1 N–H and O–H groups in total. The lowest BCUT2D eigenvalue weighted by Gasteiger charge is -2.32. The average molecular weight is 300 g/mol. The topological polar surface area (TPSA) is 66.5 Å². The van der Waals surface area contributed by atoms with Crippen LogP contribution < -0.4 is 5.32 Å². The molecule has 20 heavy (non-hydrogen) atoms. The fourth-order valence-electron chi connectivity index (χ4n) is 2.81. The molecule has 2 rings (SSSR count). The van der Waals surface area contributed by atoms with Gasteiger partial charge in [0.25, 0.3) is 0 Å². The second-order valence-corrected chi connectivity index (χ2v) is 7.82. The van der Waals surface area contributed by atoms with Gasteiger partial charge in [0.15, 0.2) is 0 Å². The first kappa shape index (κ1) is 15.5. The molecule has 1 heterocycles. The minimum absolute atomic E-state index is 0.0948. The Bertz CT molecular complexity index is 465. The summed E-state index contributed by atoms with van der Waals surface area (Å²) in [5.41, 5.74) is 0. The number of sulfonamides is 1. The normalized spacial score (nSPS) is 25.6.